The number of carbonyl (C=O) groups excluding carboxylic acids is 2. The van der Waals surface area contributed by atoms with Crippen LogP contribution in [0.15, 0.2) is 22.4 Å². The number of aromatic nitrogens is 3. The summed E-state index contributed by atoms with van der Waals surface area (Å²) < 4.78 is 8.07. The number of thiazole rings is 1. The molecule has 0 aliphatic carbocycles. The first-order valence-electron chi connectivity index (χ1n) is 7.48. The van der Waals surface area contributed by atoms with E-state index in [0.29, 0.717) is 11.5 Å². The lowest BCUT2D eigenvalue weighted by molar-refractivity contribution is -0.153. The van der Waals surface area contributed by atoms with Crippen molar-refractivity contribution in [3.8, 4) is 0 Å². The fraction of sp³-hybridized carbons (Fsp3) is 0.467. The molecule has 0 spiro atoms. The van der Waals surface area contributed by atoms with E-state index in [1.165, 1.54) is 11.5 Å². The highest BCUT2D eigenvalue weighted by molar-refractivity contribution is 7.07. The summed E-state index contributed by atoms with van der Waals surface area (Å²) in [6, 6.07) is 1.75. The Balaban J connectivity index is 1.95. The Bertz CT molecular complexity index is 789. The first-order chi connectivity index (χ1) is 11.3. The van der Waals surface area contributed by atoms with Crippen molar-refractivity contribution in [1.29, 1.82) is 0 Å². The molecule has 0 saturated heterocycles. The van der Waals surface area contributed by atoms with Crippen molar-refractivity contribution in [2.24, 2.45) is 0 Å². The topological polar surface area (TPSA) is 95.2 Å². The van der Waals surface area contributed by atoms with Crippen LogP contribution in [0.5, 0.6) is 0 Å². The highest BCUT2D eigenvalue weighted by Gasteiger charge is 2.20. The lowest BCUT2D eigenvalue weighted by atomic mass is 10.3. The third-order valence-corrected chi connectivity index (χ3v) is 4.23. The first kappa shape index (κ1) is 17.9. The molecular formula is C15H20N4O4S. The fourth-order valence-electron chi connectivity index (χ4n) is 2.07. The van der Waals surface area contributed by atoms with Crippen LogP contribution in [0.1, 0.15) is 32.5 Å². The molecule has 8 nitrogen and oxygen atoms in total. The Hall–Kier alpha value is -2.42. The van der Waals surface area contributed by atoms with Gasteiger partial charge in [-0.2, -0.15) is 5.10 Å². The quantitative estimate of drug-likeness (QED) is 0.796. The summed E-state index contributed by atoms with van der Waals surface area (Å²) in [6.45, 7) is 6.87. The Morgan fingerprint density at radius 3 is 2.67 bits per heavy atom. The highest BCUT2D eigenvalue weighted by atomic mass is 32.1. The van der Waals surface area contributed by atoms with Gasteiger partial charge in [-0.15, -0.1) is 0 Å². The third-order valence-electron chi connectivity index (χ3n) is 3.35. The summed E-state index contributed by atoms with van der Waals surface area (Å²) in [5.41, 5.74) is 0.680. The molecule has 1 atom stereocenters. The number of ether oxygens (including phenoxy) is 1. The Morgan fingerprint density at radius 2 is 2.08 bits per heavy atom. The van der Waals surface area contributed by atoms with Crippen molar-refractivity contribution in [2.45, 2.75) is 46.4 Å². The average molecular weight is 352 g/mol. The number of aryl methyl sites for hydroxylation is 1. The van der Waals surface area contributed by atoms with E-state index < -0.39 is 18.0 Å². The summed E-state index contributed by atoms with van der Waals surface area (Å²) in [5, 5.41) is 8.46. The van der Waals surface area contributed by atoms with Gasteiger partial charge < -0.3 is 10.1 Å². The minimum Gasteiger partial charge on any atom is -0.451 e. The van der Waals surface area contributed by atoms with Crippen LogP contribution in [0.25, 0.3) is 0 Å². The number of hydrogen-bond donors (Lipinski definition) is 1. The van der Waals surface area contributed by atoms with Gasteiger partial charge in [0.1, 0.15) is 12.4 Å². The van der Waals surface area contributed by atoms with Gasteiger partial charge in [0.05, 0.1) is 6.20 Å². The number of rotatable bonds is 6. The molecule has 0 aliphatic heterocycles. The van der Waals surface area contributed by atoms with Crippen LogP contribution in [-0.2, 0) is 20.9 Å². The van der Waals surface area contributed by atoms with E-state index in [0.717, 1.165) is 11.3 Å². The van der Waals surface area contributed by atoms with Crippen molar-refractivity contribution in [3.63, 3.8) is 0 Å². The third kappa shape index (κ3) is 4.10. The zero-order valence-corrected chi connectivity index (χ0v) is 14.8. The smallest absolute Gasteiger partial charge is 0.326 e. The van der Waals surface area contributed by atoms with Gasteiger partial charge in [-0.3, -0.25) is 19.0 Å². The molecule has 0 aliphatic rings. The fourth-order valence-corrected chi connectivity index (χ4v) is 2.80. The molecule has 0 unspecified atom stereocenters. The van der Waals surface area contributed by atoms with Gasteiger partial charge in [0, 0.05) is 23.2 Å². The van der Waals surface area contributed by atoms with Gasteiger partial charge in [-0.1, -0.05) is 11.3 Å². The van der Waals surface area contributed by atoms with Crippen LogP contribution in [-0.4, -0.2) is 32.3 Å². The second-order valence-electron chi connectivity index (χ2n) is 5.61. The van der Waals surface area contributed by atoms with E-state index in [9.17, 15) is 14.4 Å². The number of anilines is 1. The van der Waals surface area contributed by atoms with E-state index in [-0.39, 0.29) is 17.5 Å². The van der Waals surface area contributed by atoms with E-state index >= 15 is 0 Å². The molecule has 2 rings (SSSR count). The molecular weight excluding hydrogens is 332 g/mol. The molecule has 9 heteroatoms. The first-order valence-corrected chi connectivity index (χ1v) is 8.36. The Morgan fingerprint density at radius 1 is 1.38 bits per heavy atom. The summed E-state index contributed by atoms with van der Waals surface area (Å²) >= 11 is 1.02. The number of hydrogen-bond acceptors (Lipinski definition) is 6. The predicted octanol–water partition coefficient (Wildman–Crippen LogP) is 1.57. The second-order valence-corrected chi connectivity index (χ2v) is 6.43. The largest absolute Gasteiger partial charge is 0.451 e. The maximum absolute atomic E-state index is 12.2. The van der Waals surface area contributed by atoms with E-state index in [1.54, 1.807) is 29.2 Å². The number of nitrogens with one attached hydrogen (secondary N) is 1. The van der Waals surface area contributed by atoms with Crippen LogP contribution in [0.2, 0.25) is 0 Å². The maximum Gasteiger partial charge on any atom is 0.326 e. The minimum atomic E-state index is -0.984. The van der Waals surface area contributed by atoms with Gasteiger partial charge in [-0.25, -0.2) is 4.68 Å². The van der Waals surface area contributed by atoms with Crippen LogP contribution >= 0.6 is 11.3 Å². The Labute approximate surface area is 143 Å². The second kappa shape index (κ2) is 7.43. The molecule has 0 bridgehead atoms. The van der Waals surface area contributed by atoms with Gasteiger partial charge in [0.25, 0.3) is 5.91 Å². The number of nitrogens with zero attached hydrogens (tertiary/aromatic N) is 3. The van der Waals surface area contributed by atoms with Gasteiger partial charge in [0.15, 0.2) is 6.10 Å². The maximum atomic E-state index is 12.2. The van der Waals surface area contributed by atoms with Crippen molar-refractivity contribution in [3.05, 3.63) is 33.0 Å². The summed E-state index contributed by atoms with van der Waals surface area (Å²) in [4.78, 5) is 35.5. The molecule has 0 fully saturated rings. The minimum absolute atomic E-state index is 0.0848. The summed E-state index contributed by atoms with van der Waals surface area (Å²) in [6.07, 6.45) is 0.598. The molecule has 24 heavy (non-hydrogen) atoms. The normalized spacial score (nSPS) is 12.2. The molecule has 2 aromatic rings. The van der Waals surface area contributed by atoms with E-state index in [4.69, 9.17) is 4.74 Å². The molecule has 1 amide bonds. The zero-order chi connectivity index (χ0) is 17.9. The van der Waals surface area contributed by atoms with Gasteiger partial charge in [-0.05, 0) is 27.7 Å². The highest BCUT2D eigenvalue weighted by Crippen LogP contribution is 2.13. The lowest BCUT2D eigenvalue weighted by Crippen LogP contribution is -2.33. The van der Waals surface area contributed by atoms with Crippen LogP contribution in [0.4, 0.5) is 5.82 Å². The number of amides is 1. The average Bonchev–Trinajstić information content (AvgIpc) is 3.09. The van der Waals surface area contributed by atoms with Crippen molar-refractivity contribution >= 4 is 29.0 Å². The lowest BCUT2D eigenvalue weighted by Gasteiger charge is -2.16. The van der Waals surface area contributed by atoms with Gasteiger partial charge >= 0.3 is 10.8 Å². The number of carbonyl (C=O) groups is 2. The zero-order valence-electron chi connectivity index (χ0n) is 14.0. The standard InChI is InChI=1S/C15H20N4O4S/c1-9(2)19-12(5-6-16-19)17-14(21)11(4)23-13(20)7-18-10(3)8-24-15(18)22/h5-6,8-9,11H,7H2,1-4H3,(H,17,21)/t11-/m1/s1. The van der Waals surface area contributed by atoms with E-state index in [2.05, 4.69) is 10.4 Å². The summed E-state index contributed by atoms with van der Waals surface area (Å²) in [7, 11) is 0. The predicted molar refractivity (Wildman–Crippen MR) is 90.1 cm³/mol. The number of esters is 1. The van der Waals surface area contributed by atoms with Crippen LogP contribution in [0, 0.1) is 6.92 Å². The van der Waals surface area contributed by atoms with Crippen molar-refractivity contribution in [1.82, 2.24) is 14.3 Å². The van der Waals surface area contributed by atoms with Crippen LogP contribution < -0.4 is 10.2 Å². The molecule has 0 radical (unpaired) electrons. The molecule has 2 heterocycles. The molecule has 0 aromatic carbocycles. The Kier molecular flexibility index (Phi) is 5.55. The van der Waals surface area contributed by atoms with Gasteiger partial charge in [0.2, 0.25) is 0 Å². The van der Waals surface area contributed by atoms with E-state index in [1.807, 2.05) is 13.8 Å². The van der Waals surface area contributed by atoms with Crippen molar-refractivity contribution < 1.29 is 14.3 Å². The molecule has 0 saturated carbocycles. The molecule has 2 aromatic heterocycles. The molecule has 130 valence electrons. The van der Waals surface area contributed by atoms with Crippen molar-refractivity contribution in [2.75, 3.05) is 5.32 Å². The van der Waals surface area contributed by atoms with Crippen LogP contribution in [0.3, 0.4) is 0 Å². The monoisotopic (exact) mass is 352 g/mol. The SMILES string of the molecule is Cc1csc(=O)n1CC(=O)O[C@H](C)C(=O)Nc1ccnn1C(C)C. The summed E-state index contributed by atoms with van der Waals surface area (Å²) in [5.74, 6) is -0.568. The molecule has 1 N–H and O–H groups in total.